The number of thiophene rings is 1. The highest BCUT2D eigenvalue weighted by Gasteiger charge is 2.20. The lowest BCUT2D eigenvalue weighted by Gasteiger charge is -2.13. The molecule has 3 aromatic rings. The van der Waals surface area contributed by atoms with E-state index in [0.29, 0.717) is 11.4 Å². The van der Waals surface area contributed by atoms with E-state index in [-0.39, 0.29) is 11.8 Å². The van der Waals surface area contributed by atoms with Crippen molar-refractivity contribution in [1.29, 1.82) is 0 Å². The first-order valence-corrected chi connectivity index (χ1v) is 9.46. The van der Waals surface area contributed by atoms with E-state index in [1.165, 1.54) is 11.3 Å². The molecule has 0 aliphatic carbocycles. The molecule has 0 fully saturated rings. The van der Waals surface area contributed by atoms with Crippen LogP contribution >= 0.6 is 11.3 Å². The fourth-order valence-corrected chi connectivity index (χ4v) is 3.72. The maximum absolute atomic E-state index is 12.5. The molecule has 26 heavy (non-hydrogen) atoms. The monoisotopic (exact) mass is 370 g/mol. The number of aromatic nitrogens is 2. The molecule has 2 heterocycles. The lowest BCUT2D eigenvalue weighted by Crippen LogP contribution is -2.44. The smallest absolute Gasteiger partial charge is 0.262 e. The van der Waals surface area contributed by atoms with E-state index >= 15 is 0 Å². The third-order valence-corrected chi connectivity index (χ3v) is 5.17. The van der Waals surface area contributed by atoms with Crippen molar-refractivity contribution in [3.8, 4) is 5.69 Å². The molecule has 2 amide bonds. The fourth-order valence-electron chi connectivity index (χ4n) is 2.64. The molecule has 7 heteroatoms. The number of hydrogen-bond acceptors (Lipinski definition) is 4. The zero-order valence-electron chi connectivity index (χ0n) is 15.1. The van der Waals surface area contributed by atoms with E-state index in [0.717, 1.165) is 28.0 Å². The summed E-state index contributed by atoms with van der Waals surface area (Å²) in [5.74, 6) is -0.419. The van der Waals surface area contributed by atoms with Gasteiger partial charge in [0, 0.05) is 11.9 Å². The molecule has 136 valence electrons. The summed E-state index contributed by atoms with van der Waals surface area (Å²) in [6.07, 6.45) is 0.859. The molecule has 0 unspecified atom stereocenters. The molecule has 0 spiro atoms. The summed E-state index contributed by atoms with van der Waals surface area (Å²) < 4.78 is 1.85. The van der Waals surface area contributed by atoms with Crippen LogP contribution < -0.4 is 10.6 Å². The van der Waals surface area contributed by atoms with Crippen LogP contribution in [0.3, 0.4) is 0 Å². The lowest BCUT2D eigenvalue weighted by atomic mass is 10.2. The van der Waals surface area contributed by atoms with Gasteiger partial charge in [-0.1, -0.05) is 25.1 Å². The summed E-state index contributed by atoms with van der Waals surface area (Å²) in [5.41, 5.74) is 1.82. The summed E-state index contributed by atoms with van der Waals surface area (Å²) in [4.78, 5) is 26.0. The van der Waals surface area contributed by atoms with Crippen LogP contribution in [0.4, 0.5) is 0 Å². The van der Waals surface area contributed by atoms with Crippen molar-refractivity contribution < 1.29 is 9.59 Å². The van der Waals surface area contributed by atoms with E-state index in [1.54, 1.807) is 6.92 Å². The van der Waals surface area contributed by atoms with Gasteiger partial charge in [-0.15, -0.1) is 11.3 Å². The first-order valence-electron chi connectivity index (χ1n) is 8.64. The zero-order valence-corrected chi connectivity index (χ0v) is 15.9. The number of amides is 2. The third kappa shape index (κ3) is 3.62. The molecule has 6 nitrogen and oxygen atoms in total. The number of carbonyl (C=O) groups is 2. The van der Waals surface area contributed by atoms with Crippen molar-refractivity contribution in [2.45, 2.75) is 33.2 Å². The van der Waals surface area contributed by atoms with E-state index in [4.69, 9.17) is 0 Å². The van der Waals surface area contributed by atoms with Gasteiger partial charge in [0.15, 0.2) is 0 Å². The second kappa shape index (κ2) is 7.70. The maximum Gasteiger partial charge on any atom is 0.262 e. The summed E-state index contributed by atoms with van der Waals surface area (Å²) in [6, 6.07) is 11.1. The number of aryl methyl sites for hydroxylation is 1. The summed E-state index contributed by atoms with van der Waals surface area (Å²) in [6.45, 7) is 6.21. The van der Waals surface area contributed by atoms with Crippen LogP contribution in [0.1, 0.15) is 35.6 Å². The number of nitrogens with zero attached hydrogens (tertiary/aromatic N) is 2. The van der Waals surface area contributed by atoms with Crippen molar-refractivity contribution in [3.63, 3.8) is 0 Å². The summed E-state index contributed by atoms with van der Waals surface area (Å²) in [5, 5.41) is 11.1. The van der Waals surface area contributed by atoms with Crippen LogP contribution in [0.2, 0.25) is 0 Å². The Morgan fingerprint density at radius 3 is 2.69 bits per heavy atom. The third-order valence-electron chi connectivity index (χ3n) is 4.06. The summed E-state index contributed by atoms with van der Waals surface area (Å²) in [7, 11) is 0. The maximum atomic E-state index is 12.5. The molecule has 1 aromatic carbocycles. The molecule has 0 bridgehead atoms. The highest BCUT2D eigenvalue weighted by molar-refractivity contribution is 7.20. The quantitative estimate of drug-likeness (QED) is 0.700. The molecule has 2 N–H and O–H groups in total. The van der Waals surface area contributed by atoms with Gasteiger partial charge in [-0.05, 0) is 38.5 Å². The Balaban J connectivity index is 1.83. The number of carbonyl (C=O) groups excluding carboxylic acids is 2. The van der Waals surface area contributed by atoms with Crippen molar-refractivity contribution >= 4 is 33.4 Å². The second-order valence-corrected chi connectivity index (χ2v) is 7.18. The number of hydrogen-bond donors (Lipinski definition) is 2. The van der Waals surface area contributed by atoms with E-state index in [2.05, 4.69) is 15.7 Å². The van der Waals surface area contributed by atoms with Crippen molar-refractivity contribution in [2.75, 3.05) is 6.54 Å². The van der Waals surface area contributed by atoms with E-state index < -0.39 is 6.04 Å². The first kappa shape index (κ1) is 18.1. The number of fused-ring (bicyclic) bond motifs is 1. The molecule has 1 atom stereocenters. The first-order chi connectivity index (χ1) is 12.5. The van der Waals surface area contributed by atoms with Crippen LogP contribution in [0, 0.1) is 6.92 Å². The van der Waals surface area contributed by atoms with Crippen molar-refractivity contribution in [1.82, 2.24) is 20.4 Å². The Bertz CT molecular complexity index is 930. The normalized spacial score (nSPS) is 12.1. The van der Waals surface area contributed by atoms with Gasteiger partial charge in [0.2, 0.25) is 5.91 Å². The lowest BCUT2D eigenvalue weighted by molar-refractivity contribution is -0.122. The molecule has 0 aliphatic rings. The summed E-state index contributed by atoms with van der Waals surface area (Å²) >= 11 is 1.38. The molecule has 0 aliphatic heterocycles. The van der Waals surface area contributed by atoms with Gasteiger partial charge >= 0.3 is 0 Å². The number of para-hydroxylation sites is 1. The van der Waals surface area contributed by atoms with Gasteiger partial charge in [0.25, 0.3) is 5.91 Å². The molecule has 2 aromatic heterocycles. The molecular weight excluding hydrogens is 348 g/mol. The van der Waals surface area contributed by atoms with E-state index in [1.807, 2.05) is 54.9 Å². The minimum Gasteiger partial charge on any atom is -0.354 e. The van der Waals surface area contributed by atoms with Crippen molar-refractivity contribution in [3.05, 3.63) is 47.0 Å². The van der Waals surface area contributed by atoms with Gasteiger partial charge in [0.1, 0.15) is 10.9 Å². The zero-order chi connectivity index (χ0) is 18.7. The Morgan fingerprint density at radius 2 is 2.00 bits per heavy atom. The minimum absolute atomic E-state index is 0.173. The standard InChI is InChI=1S/C19H22N4O2S/c1-4-10-20-17(24)13(3)21-18(25)16-11-15-12(2)22-23(19(15)26-16)14-8-6-5-7-9-14/h5-9,11,13H,4,10H2,1-3H3,(H,20,24)(H,21,25)/t13-/m0/s1. The Hall–Kier alpha value is -2.67. The average Bonchev–Trinajstić information content (AvgIpc) is 3.21. The topological polar surface area (TPSA) is 76.0 Å². The second-order valence-electron chi connectivity index (χ2n) is 6.15. The SMILES string of the molecule is CCCNC(=O)[C@H](C)NC(=O)c1cc2c(C)nn(-c3ccccc3)c2s1. The highest BCUT2D eigenvalue weighted by Crippen LogP contribution is 2.30. The predicted molar refractivity (Wildman–Crippen MR) is 104 cm³/mol. The van der Waals surface area contributed by atoms with Crippen LogP contribution in [0.25, 0.3) is 15.9 Å². The van der Waals surface area contributed by atoms with Gasteiger partial charge in [-0.2, -0.15) is 5.10 Å². The fraction of sp³-hybridized carbons (Fsp3) is 0.316. The largest absolute Gasteiger partial charge is 0.354 e. The number of rotatable bonds is 6. The van der Waals surface area contributed by atoms with Gasteiger partial charge in [-0.25, -0.2) is 4.68 Å². The number of nitrogens with one attached hydrogen (secondary N) is 2. The van der Waals surface area contributed by atoms with Gasteiger partial charge < -0.3 is 10.6 Å². The molecule has 3 rings (SSSR count). The highest BCUT2D eigenvalue weighted by atomic mass is 32.1. The van der Waals surface area contributed by atoms with E-state index in [9.17, 15) is 9.59 Å². The van der Waals surface area contributed by atoms with Crippen LogP contribution in [-0.2, 0) is 4.79 Å². The predicted octanol–water partition coefficient (Wildman–Crippen LogP) is 3.04. The van der Waals surface area contributed by atoms with Crippen LogP contribution in [-0.4, -0.2) is 34.2 Å². The van der Waals surface area contributed by atoms with Crippen molar-refractivity contribution in [2.24, 2.45) is 0 Å². The van der Waals surface area contributed by atoms with Gasteiger partial charge in [-0.3, -0.25) is 9.59 Å². The Morgan fingerprint density at radius 1 is 1.27 bits per heavy atom. The molecule has 0 saturated carbocycles. The van der Waals surface area contributed by atoms with Crippen LogP contribution in [0.15, 0.2) is 36.4 Å². The van der Waals surface area contributed by atoms with Crippen LogP contribution in [0.5, 0.6) is 0 Å². The molecular formula is C19H22N4O2S. The average molecular weight is 370 g/mol. The molecule has 0 radical (unpaired) electrons. The minimum atomic E-state index is -0.578. The Kier molecular flexibility index (Phi) is 5.37. The van der Waals surface area contributed by atoms with Gasteiger partial charge in [0.05, 0.1) is 16.3 Å². The molecule has 0 saturated heterocycles. The number of benzene rings is 1. The Labute approximate surface area is 156 Å².